The number of nitrogens with one attached hydrogen (secondary N) is 1. The van der Waals surface area contributed by atoms with E-state index in [4.69, 9.17) is 11.6 Å². The second-order valence-corrected chi connectivity index (χ2v) is 7.26. The lowest BCUT2D eigenvalue weighted by Gasteiger charge is -2.18. The summed E-state index contributed by atoms with van der Waals surface area (Å²) in [5, 5.41) is 4.72. The smallest absolute Gasteiger partial charge is 0.244 e. The highest BCUT2D eigenvalue weighted by Crippen LogP contribution is 2.16. The van der Waals surface area contributed by atoms with Crippen LogP contribution in [-0.2, 0) is 10.0 Å². The fourth-order valence-electron chi connectivity index (χ4n) is 2.03. The molecule has 8 heteroatoms. The molecule has 0 spiro atoms. The lowest BCUT2D eigenvalue weighted by atomic mass is 10.2. The van der Waals surface area contributed by atoms with Gasteiger partial charge in [0, 0.05) is 24.3 Å². The number of pyridine rings is 1. The van der Waals surface area contributed by atoms with Gasteiger partial charge in [-0.15, -0.1) is 0 Å². The van der Waals surface area contributed by atoms with Gasteiger partial charge in [-0.1, -0.05) is 37.6 Å². The van der Waals surface area contributed by atoms with Gasteiger partial charge in [-0.25, -0.2) is 13.4 Å². The third-order valence-electron chi connectivity index (χ3n) is 3.34. The van der Waals surface area contributed by atoms with Crippen molar-refractivity contribution in [3.05, 3.63) is 53.2 Å². The van der Waals surface area contributed by atoms with E-state index in [2.05, 4.69) is 15.5 Å². The Bertz CT molecular complexity index is 786. The number of aromatic nitrogens is 1. The Balaban J connectivity index is 2.05. The van der Waals surface area contributed by atoms with Crippen LogP contribution in [0, 0.1) is 0 Å². The maximum atomic E-state index is 12.4. The zero-order chi connectivity index (χ0) is 17.6. The van der Waals surface area contributed by atoms with E-state index in [9.17, 15) is 8.42 Å². The van der Waals surface area contributed by atoms with E-state index in [0.717, 1.165) is 5.56 Å². The van der Waals surface area contributed by atoms with Gasteiger partial charge in [0.25, 0.3) is 0 Å². The van der Waals surface area contributed by atoms with Crippen LogP contribution in [0.25, 0.3) is 0 Å². The van der Waals surface area contributed by atoms with Gasteiger partial charge in [-0.05, 0) is 29.8 Å². The second kappa shape index (κ2) is 8.23. The molecule has 128 valence electrons. The Labute approximate surface area is 147 Å². The van der Waals surface area contributed by atoms with E-state index in [-0.39, 0.29) is 4.90 Å². The first-order valence-corrected chi connectivity index (χ1v) is 9.30. The number of sulfonamides is 1. The highest BCUT2D eigenvalue weighted by Gasteiger charge is 2.21. The van der Waals surface area contributed by atoms with Crippen LogP contribution >= 0.6 is 11.6 Å². The van der Waals surface area contributed by atoms with Gasteiger partial charge in [0.1, 0.15) is 10.7 Å². The predicted molar refractivity (Wildman–Crippen MR) is 97.0 cm³/mol. The van der Waals surface area contributed by atoms with Crippen LogP contribution in [0.2, 0.25) is 5.02 Å². The van der Waals surface area contributed by atoms with E-state index in [1.54, 1.807) is 38.3 Å². The monoisotopic (exact) mass is 366 g/mol. The number of hydrogen-bond donors (Lipinski definition) is 1. The molecule has 2 rings (SSSR count). The highest BCUT2D eigenvalue weighted by molar-refractivity contribution is 7.89. The molecular formula is C16H19ClN4O2S. The number of rotatable bonds is 7. The third-order valence-corrected chi connectivity index (χ3v) is 5.63. The van der Waals surface area contributed by atoms with Crippen molar-refractivity contribution in [1.29, 1.82) is 0 Å². The van der Waals surface area contributed by atoms with Crippen molar-refractivity contribution in [1.82, 2.24) is 9.29 Å². The van der Waals surface area contributed by atoms with Crippen molar-refractivity contribution in [2.45, 2.75) is 18.7 Å². The van der Waals surface area contributed by atoms with Gasteiger partial charge >= 0.3 is 0 Å². The van der Waals surface area contributed by atoms with Gasteiger partial charge in [-0.3, -0.25) is 5.43 Å². The number of hydrogen-bond acceptors (Lipinski definition) is 5. The average molecular weight is 367 g/mol. The summed E-state index contributed by atoms with van der Waals surface area (Å²) < 4.78 is 26.1. The van der Waals surface area contributed by atoms with Crippen molar-refractivity contribution in [3.63, 3.8) is 0 Å². The predicted octanol–water partition coefficient (Wildman–Crippen LogP) is 3.21. The van der Waals surface area contributed by atoms with Crippen LogP contribution in [-0.4, -0.2) is 37.0 Å². The van der Waals surface area contributed by atoms with E-state index in [0.29, 0.717) is 23.9 Å². The van der Waals surface area contributed by atoms with Gasteiger partial charge in [0.2, 0.25) is 10.0 Å². The van der Waals surface area contributed by atoms with Crippen molar-refractivity contribution in [3.8, 4) is 0 Å². The summed E-state index contributed by atoms with van der Waals surface area (Å²) in [6, 6.07) is 10.3. The van der Waals surface area contributed by atoms with Gasteiger partial charge in [0.05, 0.1) is 6.21 Å². The molecule has 1 aromatic carbocycles. The molecule has 1 N–H and O–H groups in total. The normalized spacial score (nSPS) is 12.0. The van der Waals surface area contributed by atoms with Crippen LogP contribution in [0.1, 0.15) is 19.4 Å². The van der Waals surface area contributed by atoms with E-state index in [1.807, 2.05) is 12.1 Å². The molecule has 24 heavy (non-hydrogen) atoms. The van der Waals surface area contributed by atoms with Crippen molar-refractivity contribution in [2.75, 3.05) is 18.5 Å². The quantitative estimate of drug-likeness (QED) is 0.603. The topological polar surface area (TPSA) is 74.7 Å². The maximum absolute atomic E-state index is 12.4. The minimum Gasteiger partial charge on any atom is -0.261 e. The highest BCUT2D eigenvalue weighted by atomic mass is 35.5. The molecule has 0 aliphatic heterocycles. The Morgan fingerprint density at radius 2 is 1.83 bits per heavy atom. The number of benzene rings is 1. The van der Waals surface area contributed by atoms with Crippen LogP contribution in [0.4, 0.5) is 5.82 Å². The van der Waals surface area contributed by atoms with Crippen LogP contribution in [0.15, 0.2) is 52.6 Å². The Morgan fingerprint density at radius 1 is 1.17 bits per heavy atom. The molecule has 0 fully saturated rings. The van der Waals surface area contributed by atoms with Gasteiger partial charge in [0.15, 0.2) is 0 Å². The molecule has 0 aliphatic rings. The maximum Gasteiger partial charge on any atom is 0.244 e. The largest absolute Gasteiger partial charge is 0.261 e. The summed E-state index contributed by atoms with van der Waals surface area (Å²) >= 11 is 5.81. The van der Waals surface area contributed by atoms with E-state index >= 15 is 0 Å². The standard InChI is InChI=1S/C16H19ClN4O2S/c1-3-21(4-2)24(22,23)15-9-10-16(18-12-15)20-19-11-13-5-7-14(17)8-6-13/h5-12H,3-4H2,1-2H3,(H,18,20)/b19-11+. The minimum atomic E-state index is -3.49. The Hall–Kier alpha value is -1.96. The molecular weight excluding hydrogens is 348 g/mol. The lowest BCUT2D eigenvalue weighted by molar-refractivity contribution is 0.445. The van der Waals surface area contributed by atoms with Crippen LogP contribution < -0.4 is 5.43 Å². The fraction of sp³-hybridized carbons (Fsp3) is 0.250. The molecule has 1 heterocycles. The molecule has 0 bridgehead atoms. The van der Waals surface area contributed by atoms with Crippen molar-refractivity contribution in [2.24, 2.45) is 5.10 Å². The summed E-state index contributed by atoms with van der Waals surface area (Å²) in [5.41, 5.74) is 3.64. The lowest BCUT2D eigenvalue weighted by Crippen LogP contribution is -2.30. The molecule has 2 aromatic rings. The molecule has 1 aromatic heterocycles. The average Bonchev–Trinajstić information content (AvgIpc) is 2.58. The van der Waals surface area contributed by atoms with E-state index in [1.165, 1.54) is 16.6 Å². The first-order chi connectivity index (χ1) is 11.5. The molecule has 0 aliphatic carbocycles. The van der Waals surface area contributed by atoms with Gasteiger partial charge in [-0.2, -0.15) is 9.41 Å². The number of halogens is 1. The SMILES string of the molecule is CCN(CC)S(=O)(=O)c1ccc(N/N=C/c2ccc(Cl)cc2)nc1. The van der Waals surface area contributed by atoms with Crippen molar-refractivity contribution < 1.29 is 8.42 Å². The molecule has 0 atom stereocenters. The molecule has 0 amide bonds. The van der Waals surface area contributed by atoms with Crippen LogP contribution in [0.5, 0.6) is 0 Å². The van der Waals surface area contributed by atoms with Crippen molar-refractivity contribution >= 4 is 33.7 Å². The summed E-state index contributed by atoms with van der Waals surface area (Å²) in [6.07, 6.45) is 2.95. The summed E-state index contributed by atoms with van der Waals surface area (Å²) in [4.78, 5) is 4.25. The molecule has 0 saturated carbocycles. The zero-order valence-corrected chi connectivity index (χ0v) is 15.0. The van der Waals surface area contributed by atoms with Crippen LogP contribution in [0.3, 0.4) is 0 Å². The Kier molecular flexibility index (Phi) is 6.30. The van der Waals surface area contributed by atoms with E-state index < -0.39 is 10.0 Å². The number of anilines is 1. The minimum absolute atomic E-state index is 0.165. The molecule has 6 nitrogen and oxygen atoms in total. The first-order valence-electron chi connectivity index (χ1n) is 7.48. The second-order valence-electron chi connectivity index (χ2n) is 4.89. The molecule has 0 unspecified atom stereocenters. The zero-order valence-electron chi connectivity index (χ0n) is 13.5. The number of hydrazone groups is 1. The molecule has 0 radical (unpaired) electrons. The summed E-state index contributed by atoms with van der Waals surface area (Å²) in [7, 11) is -3.49. The third kappa shape index (κ3) is 4.53. The molecule has 0 saturated heterocycles. The Morgan fingerprint density at radius 3 is 2.38 bits per heavy atom. The number of nitrogens with zero attached hydrogens (tertiary/aromatic N) is 3. The summed E-state index contributed by atoms with van der Waals surface area (Å²) in [5.74, 6) is 0.457. The fourth-order valence-corrected chi connectivity index (χ4v) is 3.56. The van der Waals surface area contributed by atoms with Gasteiger partial charge < -0.3 is 0 Å². The summed E-state index contributed by atoms with van der Waals surface area (Å²) in [6.45, 7) is 4.44. The first kappa shape index (κ1) is 18.4.